The molecule has 1 heterocycles. The van der Waals surface area contributed by atoms with Crippen molar-refractivity contribution in [1.29, 1.82) is 5.26 Å². The summed E-state index contributed by atoms with van der Waals surface area (Å²) in [4.78, 5) is 0. The maximum atomic E-state index is 9.42. The summed E-state index contributed by atoms with van der Waals surface area (Å²) in [5.74, 6) is 0.660. The molecule has 3 nitrogen and oxygen atoms in total. The number of hydrogen-bond acceptors (Lipinski definition) is 2. The fourth-order valence-electron chi connectivity index (χ4n) is 3.52. The van der Waals surface area contributed by atoms with Crippen LogP contribution in [0.4, 0.5) is 5.82 Å². The van der Waals surface area contributed by atoms with Crippen molar-refractivity contribution in [1.82, 2.24) is 4.57 Å². The smallest absolute Gasteiger partial charge is 0.122 e. The zero-order valence-corrected chi connectivity index (χ0v) is 12.5. The van der Waals surface area contributed by atoms with Gasteiger partial charge in [-0.05, 0) is 50.2 Å². The summed E-state index contributed by atoms with van der Waals surface area (Å²) in [6, 6.07) is 13.1. The molecule has 1 aromatic carbocycles. The number of nitrogens with two attached hydrogens (primary N) is 1. The van der Waals surface area contributed by atoms with Gasteiger partial charge in [-0.25, -0.2) is 0 Å². The highest BCUT2D eigenvalue weighted by Crippen LogP contribution is 2.34. The van der Waals surface area contributed by atoms with Crippen LogP contribution in [0.5, 0.6) is 0 Å². The Hall–Kier alpha value is -2.21. The summed E-state index contributed by atoms with van der Waals surface area (Å²) in [6.45, 7) is 2.19. The highest BCUT2D eigenvalue weighted by atomic mass is 15.1. The van der Waals surface area contributed by atoms with E-state index in [0.717, 1.165) is 25.7 Å². The average molecular weight is 279 g/mol. The molecule has 0 fully saturated rings. The van der Waals surface area contributed by atoms with Gasteiger partial charge >= 0.3 is 0 Å². The van der Waals surface area contributed by atoms with Crippen molar-refractivity contribution in [2.24, 2.45) is 0 Å². The minimum atomic E-state index is 0.279. The van der Waals surface area contributed by atoms with E-state index in [9.17, 15) is 5.26 Å². The SMILES string of the molecule is C[C@H](Cc1ccccc1)n1c(N)c(C#N)c2c1CCCC2. The van der Waals surface area contributed by atoms with Crippen LogP contribution in [0.15, 0.2) is 30.3 Å². The normalized spacial score (nSPS) is 15.2. The number of aromatic nitrogens is 1. The molecule has 0 bridgehead atoms. The van der Waals surface area contributed by atoms with E-state index in [4.69, 9.17) is 5.73 Å². The van der Waals surface area contributed by atoms with Gasteiger partial charge in [-0.1, -0.05) is 30.3 Å². The highest BCUT2D eigenvalue weighted by Gasteiger charge is 2.25. The Balaban J connectivity index is 1.98. The zero-order valence-electron chi connectivity index (χ0n) is 12.5. The maximum absolute atomic E-state index is 9.42. The van der Waals surface area contributed by atoms with Crippen molar-refractivity contribution in [2.45, 2.75) is 45.1 Å². The first-order chi connectivity index (χ1) is 10.2. The molecule has 3 heteroatoms. The molecule has 0 spiro atoms. The fraction of sp³-hybridized carbons (Fsp3) is 0.389. The van der Waals surface area contributed by atoms with Gasteiger partial charge in [0.15, 0.2) is 0 Å². The number of hydrogen-bond donors (Lipinski definition) is 1. The maximum Gasteiger partial charge on any atom is 0.122 e. The largest absolute Gasteiger partial charge is 0.384 e. The molecule has 108 valence electrons. The van der Waals surface area contributed by atoms with E-state index in [1.165, 1.54) is 23.2 Å². The van der Waals surface area contributed by atoms with Crippen LogP contribution in [-0.4, -0.2) is 4.57 Å². The molecule has 3 rings (SSSR count). The zero-order chi connectivity index (χ0) is 14.8. The third kappa shape index (κ3) is 2.42. The van der Waals surface area contributed by atoms with Crippen LogP contribution >= 0.6 is 0 Å². The molecule has 0 radical (unpaired) electrons. The number of rotatable bonds is 3. The van der Waals surface area contributed by atoms with Gasteiger partial charge in [-0.3, -0.25) is 0 Å². The number of nitrogens with zero attached hydrogens (tertiary/aromatic N) is 2. The molecular formula is C18H21N3. The van der Waals surface area contributed by atoms with Gasteiger partial charge in [0.05, 0.1) is 5.56 Å². The Morgan fingerprint density at radius 2 is 1.95 bits per heavy atom. The van der Waals surface area contributed by atoms with E-state index in [-0.39, 0.29) is 6.04 Å². The topological polar surface area (TPSA) is 54.7 Å². The number of anilines is 1. The molecule has 2 aromatic rings. The van der Waals surface area contributed by atoms with Crippen LogP contribution in [0.1, 0.15) is 48.2 Å². The Labute approximate surface area is 126 Å². The van der Waals surface area contributed by atoms with Crippen molar-refractivity contribution in [2.75, 3.05) is 5.73 Å². The van der Waals surface area contributed by atoms with Crippen LogP contribution < -0.4 is 5.73 Å². The third-order valence-corrected chi connectivity index (χ3v) is 4.47. The Bertz CT molecular complexity index is 677. The van der Waals surface area contributed by atoms with E-state index >= 15 is 0 Å². The standard InChI is InChI=1S/C18H21N3/c1-13(11-14-7-3-2-4-8-14)21-17-10-6-5-9-15(17)16(12-19)18(21)20/h2-4,7-8,13H,5-6,9-11,20H2,1H3/t13-/m1/s1. The number of nitrogen functional groups attached to an aromatic ring is 1. The lowest BCUT2D eigenvalue weighted by Gasteiger charge is -2.22. The molecule has 21 heavy (non-hydrogen) atoms. The highest BCUT2D eigenvalue weighted by molar-refractivity contribution is 5.59. The minimum absolute atomic E-state index is 0.279. The van der Waals surface area contributed by atoms with Crippen LogP contribution in [0.3, 0.4) is 0 Å². The van der Waals surface area contributed by atoms with Gasteiger partial charge in [-0.2, -0.15) is 5.26 Å². The molecule has 0 saturated carbocycles. The number of fused-ring (bicyclic) bond motifs is 1. The van der Waals surface area contributed by atoms with Crippen molar-refractivity contribution >= 4 is 5.82 Å². The summed E-state index contributed by atoms with van der Waals surface area (Å²) in [6.07, 6.45) is 5.34. The van der Waals surface area contributed by atoms with Gasteiger partial charge in [0.25, 0.3) is 0 Å². The second-order valence-electron chi connectivity index (χ2n) is 5.91. The summed E-state index contributed by atoms with van der Waals surface area (Å²) in [7, 11) is 0. The summed E-state index contributed by atoms with van der Waals surface area (Å²) in [5, 5.41) is 9.42. The van der Waals surface area contributed by atoms with E-state index in [0.29, 0.717) is 11.4 Å². The van der Waals surface area contributed by atoms with Crippen LogP contribution in [0.25, 0.3) is 0 Å². The second kappa shape index (κ2) is 5.65. The van der Waals surface area contributed by atoms with E-state index in [1.54, 1.807) is 0 Å². The second-order valence-corrected chi connectivity index (χ2v) is 5.91. The number of benzene rings is 1. The van der Waals surface area contributed by atoms with Gasteiger partial charge in [0.2, 0.25) is 0 Å². The Morgan fingerprint density at radius 3 is 2.67 bits per heavy atom. The van der Waals surface area contributed by atoms with Crippen molar-refractivity contribution < 1.29 is 0 Å². The predicted octanol–water partition coefficient (Wildman–Crippen LogP) is 3.62. The quantitative estimate of drug-likeness (QED) is 0.932. The summed E-state index contributed by atoms with van der Waals surface area (Å²) < 4.78 is 2.21. The molecule has 0 unspecified atom stereocenters. The molecule has 2 N–H and O–H groups in total. The molecule has 1 aliphatic carbocycles. The molecule has 1 atom stereocenters. The number of nitriles is 1. The van der Waals surface area contributed by atoms with Crippen LogP contribution in [0, 0.1) is 11.3 Å². The first-order valence-electron chi connectivity index (χ1n) is 7.67. The minimum Gasteiger partial charge on any atom is -0.384 e. The van der Waals surface area contributed by atoms with Gasteiger partial charge in [0.1, 0.15) is 11.9 Å². The fourth-order valence-corrected chi connectivity index (χ4v) is 3.52. The predicted molar refractivity (Wildman–Crippen MR) is 85.1 cm³/mol. The van der Waals surface area contributed by atoms with Crippen molar-refractivity contribution in [3.05, 3.63) is 52.7 Å². The lowest BCUT2D eigenvalue weighted by Crippen LogP contribution is -2.16. The molecule has 0 aliphatic heterocycles. The van der Waals surface area contributed by atoms with E-state index in [2.05, 4.69) is 41.8 Å². The average Bonchev–Trinajstić information content (AvgIpc) is 2.79. The molecule has 1 aromatic heterocycles. The summed E-state index contributed by atoms with van der Waals surface area (Å²) in [5.41, 5.74) is 10.8. The van der Waals surface area contributed by atoms with Gasteiger partial charge in [0, 0.05) is 11.7 Å². The van der Waals surface area contributed by atoms with Gasteiger partial charge < -0.3 is 10.3 Å². The molecule has 0 amide bonds. The van der Waals surface area contributed by atoms with Crippen molar-refractivity contribution in [3.8, 4) is 6.07 Å². The molecular weight excluding hydrogens is 258 g/mol. The van der Waals surface area contributed by atoms with Crippen LogP contribution in [0.2, 0.25) is 0 Å². The molecule has 0 saturated heterocycles. The monoisotopic (exact) mass is 279 g/mol. The lowest BCUT2D eigenvalue weighted by molar-refractivity contribution is 0.515. The van der Waals surface area contributed by atoms with E-state index in [1.807, 2.05) is 6.07 Å². The lowest BCUT2D eigenvalue weighted by atomic mass is 9.95. The summed E-state index contributed by atoms with van der Waals surface area (Å²) >= 11 is 0. The van der Waals surface area contributed by atoms with Crippen molar-refractivity contribution in [3.63, 3.8) is 0 Å². The van der Waals surface area contributed by atoms with Gasteiger partial charge in [-0.15, -0.1) is 0 Å². The Morgan fingerprint density at radius 1 is 1.24 bits per heavy atom. The van der Waals surface area contributed by atoms with Crippen LogP contribution in [-0.2, 0) is 19.3 Å². The first kappa shape index (κ1) is 13.8. The Kier molecular flexibility index (Phi) is 3.70. The first-order valence-corrected chi connectivity index (χ1v) is 7.67. The third-order valence-electron chi connectivity index (χ3n) is 4.47. The van der Waals surface area contributed by atoms with E-state index < -0.39 is 0 Å². The molecule has 1 aliphatic rings.